The van der Waals surface area contributed by atoms with Crippen LogP contribution in [0.25, 0.3) is 0 Å². The Kier molecular flexibility index (Phi) is 2.62. The lowest BCUT2D eigenvalue weighted by Gasteiger charge is -2.25. The van der Waals surface area contributed by atoms with E-state index in [1.807, 2.05) is 0 Å². The Bertz CT molecular complexity index is 638. The molecule has 2 aromatic rings. The fourth-order valence-electron chi connectivity index (χ4n) is 2.93. The monoisotopic (exact) mass is 302 g/mol. The van der Waals surface area contributed by atoms with Crippen molar-refractivity contribution in [1.82, 2.24) is 0 Å². The van der Waals surface area contributed by atoms with Gasteiger partial charge in [0.2, 0.25) is 0 Å². The fraction of sp³-hybridized carbons (Fsp3) is 0.250. The minimum Gasteiger partial charge on any atom is -0.0852 e. The van der Waals surface area contributed by atoms with E-state index in [2.05, 4.69) is 79.9 Å². The van der Waals surface area contributed by atoms with Gasteiger partial charge < -0.3 is 0 Å². The molecule has 96 valence electrons. The molecular formula is C16H15PS2. The summed E-state index contributed by atoms with van der Waals surface area (Å²) in [6, 6.07) is 13.9. The van der Waals surface area contributed by atoms with Crippen LogP contribution in [0.1, 0.15) is 29.2 Å². The average molecular weight is 302 g/mol. The Hall–Kier alpha value is -0.430. The maximum atomic E-state index is 2.45. The number of fused-ring (bicyclic) bond motifs is 5. The minimum absolute atomic E-state index is 0.120. The van der Waals surface area contributed by atoms with Crippen LogP contribution in [0.3, 0.4) is 0 Å². The maximum Gasteiger partial charge on any atom is 0.0587 e. The second kappa shape index (κ2) is 4.04. The van der Waals surface area contributed by atoms with E-state index < -0.39 is 0 Å². The van der Waals surface area contributed by atoms with Crippen molar-refractivity contribution in [2.24, 2.45) is 0 Å². The van der Waals surface area contributed by atoms with Crippen molar-refractivity contribution in [1.29, 1.82) is 0 Å². The Morgan fingerprint density at radius 3 is 1.79 bits per heavy atom. The van der Waals surface area contributed by atoms with E-state index in [0.29, 0.717) is 0 Å². The molecule has 0 bridgehead atoms. The van der Waals surface area contributed by atoms with Crippen LogP contribution < -0.4 is 0 Å². The summed E-state index contributed by atoms with van der Waals surface area (Å²) in [7, 11) is 0. The van der Waals surface area contributed by atoms with Crippen LogP contribution >= 0.6 is 29.1 Å². The van der Waals surface area contributed by atoms with Crippen LogP contribution in [0, 0.1) is 13.8 Å². The molecule has 0 amide bonds. The SMILES string of the molecule is Cc1ccc2c(c1)C1(C)c3cc(C)ccc3SP1S2. The van der Waals surface area contributed by atoms with E-state index in [4.69, 9.17) is 0 Å². The topological polar surface area (TPSA) is 0 Å². The summed E-state index contributed by atoms with van der Waals surface area (Å²) in [5, 5.41) is 0.243. The molecule has 0 radical (unpaired) electrons. The highest BCUT2D eigenvalue weighted by molar-refractivity contribution is 8.89. The lowest BCUT2D eigenvalue weighted by molar-refractivity contribution is 0.803. The van der Waals surface area contributed by atoms with Crippen molar-refractivity contribution in [2.45, 2.75) is 35.7 Å². The van der Waals surface area contributed by atoms with Gasteiger partial charge in [-0.25, -0.2) is 0 Å². The van der Waals surface area contributed by atoms with Crippen LogP contribution in [0.5, 0.6) is 0 Å². The third-order valence-corrected chi connectivity index (χ3v) is 12.4. The molecule has 0 fully saturated rings. The van der Waals surface area contributed by atoms with E-state index in [0.717, 1.165) is 0 Å². The smallest absolute Gasteiger partial charge is 0.0587 e. The number of hydrogen-bond acceptors (Lipinski definition) is 2. The molecule has 0 saturated carbocycles. The summed E-state index contributed by atoms with van der Waals surface area (Å²) < 4.78 is 0. The van der Waals surface area contributed by atoms with E-state index in [-0.39, 0.29) is 11.5 Å². The van der Waals surface area contributed by atoms with Gasteiger partial charge in [-0.05, 0) is 44.0 Å². The molecule has 0 unspecified atom stereocenters. The van der Waals surface area contributed by atoms with Gasteiger partial charge in [-0.3, -0.25) is 0 Å². The van der Waals surface area contributed by atoms with E-state index >= 15 is 0 Å². The molecule has 0 aromatic heterocycles. The highest BCUT2D eigenvalue weighted by Crippen LogP contribution is 2.87. The molecular weight excluding hydrogens is 287 g/mol. The normalized spacial score (nSPS) is 27.0. The first kappa shape index (κ1) is 12.3. The Morgan fingerprint density at radius 1 is 0.842 bits per heavy atom. The number of aryl methyl sites for hydroxylation is 2. The molecule has 0 nitrogen and oxygen atoms in total. The summed E-state index contributed by atoms with van der Waals surface area (Å²) in [6.07, 6.45) is -0.120. The average Bonchev–Trinajstić information content (AvgIpc) is 2.80. The van der Waals surface area contributed by atoms with E-state index in [1.54, 1.807) is 11.1 Å². The largest absolute Gasteiger partial charge is 0.0852 e. The summed E-state index contributed by atoms with van der Waals surface area (Å²) in [6.45, 7) is 6.86. The molecule has 4 rings (SSSR count). The summed E-state index contributed by atoms with van der Waals surface area (Å²) in [5.74, 6) is 0. The molecule has 2 aliphatic heterocycles. The third-order valence-electron chi connectivity index (χ3n) is 4.05. The number of benzene rings is 2. The molecule has 0 spiro atoms. The van der Waals surface area contributed by atoms with Crippen LogP contribution in [-0.2, 0) is 5.16 Å². The quantitative estimate of drug-likeness (QED) is 0.540. The Morgan fingerprint density at radius 2 is 1.32 bits per heavy atom. The van der Waals surface area contributed by atoms with Gasteiger partial charge in [0, 0.05) is 16.1 Å². The second-order valence-electron chi connectivity index (χ2n) is 5.51. The molecule has 2 aliphatic rings. The molecule has 0 atom stereocenters. The summed E-state index contributed by atoms with van der Waals surface area (Å²) in [5.41, 5.74) is 5.87. The molecule has 0 saturated heterocycles. The highest BCUT2D eigenvalue weighted by atomic mass is 33.1. The van der Waals surface area contributed by atoms with Crippen molar-refractivity contribution in [3.8, 4) is 0 Å². The Balaban J connectivity index is 2.00. The van der Waals surface area contributed by atoms with Crippen molar-refractivity contribution < 1.29 is 0 Å². The van der Waals surface area contributed by atoms with Gasteiger partial charge in [0.15, 0.2) is 0 Å². The van der Waals surface area contributed by atoms with E-state index in [9.17, 15) is 0 Å². The van der Waals surface area contributed by atoms with Crippen LogP contribution in [0.4, 0.5) is 0 Å². The zero-order chi connectivity index (χ0) is 13.2. The first-order valence-corrected chi connectivity index (χ1v) is 10.7. The van der Waals surface area contributed by atoms with Gasteiger partial charge in [-0.15, -0.1) is 0 Å². The fourth-order valence-corrected chi connectivity index (χ4v) is 11.8. The maximum absolute atomic E-state index is 2.45. The molecule has 3 heteroatoms. The van der Waals surface area contributed by atoms with Gasteiger partial charge >= 0.3 is 0 Å². The third kappa shape index (κ3) is 1.60. The lowest BCUT2D eigenvalue weighted by atomic mass is 9.90. The van der Waals surface area contributed by atoms with Gasteiger partial charge in [-0.2, -0.15) is 0 Å². The van der Waals surface area contributed by atoms with Crippen molar-refractivity contribution in [3.63, 3.8) is 0 Å². The van der Waals surface area contributed by atoms with Crippen LogP contribution in [0.2, 0.25) is 0 Å². The highest BCUT2D eigenvalue weighted by Gasteiger charge is 2.51. The van der Waals surface area contributed by atoms with Crippen LogP contribution in [0.15, 0.2) is 46.2 Å². The first-order chi connectivity index (χ1) is 9.09. The van der Waals surface area contributed by atoms with Gasteiger partial charge in [-0.1, -0.05) is 58.2 Å². The number of rotatable bonds is 0. The molecule has 0 aliphatic carbocycles. The zero-order valence-corrected chi connectivity index (χ0v) is 13.8. The second-order valence-corrected chi connectivity index (χ2v) is 12.1. The number of hydrogen-bond donors (Lipinski definition) is 0. The van der Waals surface area contributed by atoms with Crippen molar-refractivity contribution >= 4 is 29.1 Å². The Labute approximate surface area is 123 Å². The summed E-state index contributed by atoms with van der Waals surface area (Å²) >= 11 is 4.21. The molecule has 19 heavy (non-hydrogen) atoms. The molecule has 2 heterocycles. The zero-order valence-electron chi connectivity index (χ0n) is 11.2. The molecule has 0 N–H and O–H groups in total. The van der Waals surface area contributed by atoms with Gasteiger partial charge in [0.05, 0.1) is 5.16 Å². The van der Waals surface area contributed by atoms with Gasteiger partial charge in [0.1, 0.15) is 0 Å². The van der Waals surface area contributed by atoms with Crippen LogP contribution in [-0.4, -0.2) is 0 Å². The van der Waals surface area contributed by atoms with E-state index in [1.165, 1.54) is 20.9 Å². The first-order valence-electron chi connectivity index (χ1n) is 6.47. The predicted octanol–water partition coefficient (Wildman–Crippen LogP) is 6.09. The predicted molar refractivity (Wildman–Crippen MR) is 87.4 cm³/mol. The lowest BCUT2D eigenvalue weighted by Crippen LogP contribution is -2.15. The standard InChI is InChI=1S/C16H15PS2/c1-10-4-6-14-12(8-10)16(3)13-9-11(2)5-7-15(13)19-17(16)18-14/h4-9H,1-3H3. The minimum atomic E-state index is -0.120. The van der Waals surface area contributed by atoms with Gasteiger partial charge in [0.25, 0.3) is 0 Å². The van der Waals surface area contributed by atoms with Crippen molar-refractivity contribution in [2.75, 3.05) is 0 Å². The van der Waals surface area contributed by atoms with Crippen molar-refractivity contribution in [3.05, 3.63) is 58.7 Å². The molecule has 2 aromatic carbocycles. The summed E-state index contributed by atoms with van der Waals surface area (Å²) in [4.78, 5) is 3.00.